The zero-order valence-corrected chi connectivity index (χ0v) is 29.4. The van der Waals surface area contributed by atoms with E-state index >= 15 is 0 Å². The Morgan fingerprint density at radius 3 is 2.40 bits per heavy atom. The van der Waals surface area contributed by atoms with Gasteiger partial charge in [0.15, 0.2) is 6.29 Å². The van der Waals surface area contributed by atoms with Crippen molar-refractivity contribution in [1.82, 2.24) is 16.0 Å². The number of rotatable bonds is 14. The van der Waals surface area contributed by atoms with Crippen LogP contribution < -0.4 is 16.0 Å². The highest BCUT2D eigenvalue weighted by Crippen LogP contribution is 2.35. The summed E-state index contributed by atoms with van der Waals surface area (Å²) in [5.41, 5.74) is -2.15. The number of unbranched alkanes of at least 4 members (excludes halogenated alkanes) is 1. The fourth-order valence-electron chi connectivity index (χ4n) is 6.45. The predicted molar refractivity (Wildman–Crippen MR) is 173 cm³/mol. The number of alkyl carbamates (subject to hydrolysis) is 1. The zero-order chi connectivity index (χ0) is 35.8. The summed E-state index contributed by atoms with van der Waals surface area (Å²) in [4.78, 5) is 25.7. The van der Waals surface area contributed by atoms with E-state index in [0.29, 0.717) is 37.9 Å². The van der Waals surface area contributed by atoms with E-state index in [9.17, 15) is 35.1 Å². The number of carbonyl (C=O) groups excluding carboxylic acids is 2. The van der Waals surface area contributed by atoms with Gasteiger partial charge in [-0.2, -0.15) is 0 Å². The van der Waals surface area contributed by atoms with Crippen LogP contribution in [0.5, 0.6) is 0 Å². The summed E-state index contributed by atoms with van der Waals surface area (Å²) >= 11 is 0. The molecule has 3 aliphatic rings. The SMILES string of the molecule is CCCC(O)C(=O)NC1CC(C)C(OC2OC(CCCCO)=CCC2NC(=O)OC(C)(C)C)C(O)C1OC1OCC(C)(O)C(NC)C1O. The fraction of sp³-hybridized carbons (Fsp3) is 0.879. The number of aliphatic hydroxyl groups is 5. The molecule has 0 spiro atoms. The van der Waals surface area contributed by atoms with Crippen LogP contribution in [0.2, 0.25) is 0 Å². The zero-order valence-electron chi connectivity index (χ0n) is 29.4. The first kappa shape index (κ1) is 40.4. The van der Waals surface area contributed by atoms with Gasteiger partial charge in [0, 0.05) is 13.0 Å². The molecule has 278 valence electrons. The average molecular weight is 690 g/mol. The molecule has 1 saturated heterocycles. The number of allylic oxidation sites excluding steroid dienone is 1. The second-order valence-corrected chi connectivity index (χ2v) is 14.4. The number of ether oxygens (including phenoxy) is 5. The molecule has 48 heavy (non-hydrogen) atoms. The Kier molecular flexibility index (Phi) is 14.9. The normalized spacial score (nSPS) is 36.4. The second-order valence-electron chi connectivity index (χ2n) is 14.4. The first-order chi connectivity index (χ1) is 22.5. The lowest BCUT2D eigenvalue weighted by Crippen LogP contribution is -2.68. The Balaban J connectivity index is 1.87. The maximum absolute atomic E-state index is 12.9. The number of likely N-dealkylation sites (N-methyl/N-ethyl adjacent to an activating group) is 1. The van der Waals surface area contributed by atoms with Crippen molar-refractivity contribution in [3.8, 4) is 0 Å². The van der Waals surface area contributed by atoms with E-state index in [0.717, 1.165) is 0 Å². The molecule has 2 aliphatic heterocycles. The third-order valence-electron chi connectivity index (χ3n) is 8.90. The minimum atomic E-state index is -1.41. The number of amides is 2. The lowest BCUT2D eigenvalue weighted by atomic mass is 9.79. The van der Waals surface area contributed by atoms with Crippen molar-refractivity contribution in [2.45, 2.75) is 159 Å². The largest absolute Gasteiger partial charge is 0.467 e. The molecule has 12 unspecified atom stereocenters. The predicted octanol–water partition coefficient (Wildman–Crippen LogP) is 0.546. The summed E-state index contributed by atoms with van der Waals surface area (Å²) in [5.74, 6) is -0.378. The van der Waals surface area contributed by atoms with Crippen LogP contribution in [-0.2, 0) is 28.5 Å². The number of nitrogens with one attached hydrogen (secondary N) is 3. The average Bonchev–Trinajstić information content (AvgIpc) is 2.98. The van der Waals surface area contributed by atoms with Gasteiger partial charge in [0.05, 0.1) is 36.6 Å². The molecule has 1 saturated carbocycles. The van der Waals surface area contributed by atoms with Gasteiger partial charge in [0.1, 0.15) is 35.6 Å². The topological polar surface area (TPSA) is 218 Å². The van der Waals surface area contributed by atoms with Crippen LogP contribution in [0.4, 0.5) is 4.79 Å². The van der Waals surface area contributed by atoms with Crippen LogP contribution in [0, 0.1) is 5.92 Å². The third-order valence-corrected chi connectivity index (χ3v) is 8.90. The Hall–Kier alpha value is -2.08. The summed E-state index contributed by atoms with van der Waals surface area (Å²) < 4.78 is 30.1. The molecular weight excluding hydrogens is 630 g/mol. The van der Waals surface area contributed by atoms with Gasteiger partial charge in [0.2, 0.25) is 12.2 Å². The Labute approximate surface area is 283 Å². The molecule has 0 aromatic heterocycles. The summed E-state index contributed by atoms with van der Waals surface area (Å²) in [5, 5.41) is 61.8. The fourth-order valence-corrected chi connectivity index (χ4v) is 6.45. The van der Waals surface area contributed by atoms with Crippen LogP contribution in [0.1, 0.15) is 86.5 Å². The molecule has 3 rings (SSSR count). The highest BCUT2D eigenvalue weighted by atomic mass is 16.7. The number of hydrogen-bond donors (Lipinski definition) is 8. The molecule has 0 aromatic rings. The number of aliphatic hydroxyl groups excluding tert-OH is 4. The molecule has 0 aromatic carbocycles. The van der Waals surface area contributed by atoms with Gasteiger partial charge >= 0.3 is 6.09 Å². The Morgan fingerprint density at radius 1 is 1.08 bits per heavy atom. The molecule has 12 atom stereocenters. The molecule has 8 N–H and O–H groups in total. The van der Waals surface area contributed by atoms with Crippen LogP contribution in [0.15, 0.2) is 11.8 Å². The van der Waals surface area contributed by atoms with E-state index in [1.807, 2.05) is 19.9 Å². The number of carbonyl (C=O) groups is 2. The van der Waals surface area contributed by atoms with Crippen LogP contribution in [-0.4, -0.2) is 130 Å². The van der Waals surface area contributed by atoms with Crippen molar-refractivity contribution in [2.24, 2.45) is 5.92 Å². The maximum Gasteiger partial charge on any atom is 0.408 e. The maximum atomic E-state index is 12.9. The van der Waals surface area contributed by atoms with Gasteiger partial charge in [-0.25, -0.2) is 4.79 Å². The first-order valence-electron chi connectivity index (χ1n) is 17.1. The first-order valence-corrected chi connectivity index (χ1v) is 17.1. The van der Waals surface area contributed by atoms with E-state index in [1.54, 1.807) is 27.8 Å². The molecule has 2 heterocycles. The molecule has 0 bridgehead atoms. The molecular formula is C33H59N3O12. The summed E-state index contributed by atoms with van der Waals surface area (Å²) in [6, 6.07) is -2.31. The van der Waals surface area contributed by atoms with Gasteiger partial charge in [-0.1, -0.05) is 20.3 Å². The lowest BCUT2D eigenvalue weighted by Gasteiger charge is -2.49. The molecule has 0 radical (unpaired) electrons. The second kappa shape index (κ2) is 17.7. The van der Waals surface area contributed by atoms with E-state index in [4.69, 9.17) is 23.7 Å². The highest BCUT2D eigenvalue weighted by Gasteiger charge is 2.52. The third kappa shape index (κ3) is 11.0. The van der Waals surface area contributed by atoms with Crippen LogP contribution in [0.25, 0.3) is 0 Å². The summed E-state index contributed by atoms with van der Waals surface area (Å²) in [6.07, 6.45) is -4.01. The minimum Gasteiger partial charge on any atom is -0.467 e. The van der Waals surface area contributed by atoms with Crippen molar-refractivity contribution in [3.63, 3.8) is 0 Å². The molecule has 2 amide bonds. The van der Waals surface area contributed by atoms with Gasteiger partial charge in [-0.3, -0.25) is 4.79 Å². The molecule has 1 aliphatic carbocycles. The summed E-state index contributed by atoms with van der Waals surface area (Å²) in [7, 11) is 1.59. The van der Waals surface area contributed by atoms with Crippen molar-refractivity contribution in [1.29, 1.82) is 0 Å². The highest BCUT2D eigenvalue weighted by molar-refractivity contribution is 5.80. The van der Waals surface area contributed by atoms with Gasteiger partial charge < -0.3 is 65.2 Å². The van der Waals surface area contributed by atoms with Crippen molar-refractivity contribution in [3.05, 3.63) is 11.8 Å². The van der Waals surface area contributed by atoms with Gasteiger partial charge in [-0.05, 0) is 78.8 Å². The van der Waals surface area contributed by atoms with Crippen molar-refractivity contribution in [2.75, 3.05) is 20.3 Å². The van der Waals surface area contributed by atoms with E-state index < -0.39 is 84.4 Å². The lowest BCUT2D eigenvalue weighted by molar-refractivity contribution is -0.306. The molecule has 15 nitrogen and oxygen atoms in total. The molecule has 2 fully saturated rings. The van der Waals surface area contributed by atoms with Crippen LogP contribution >= 0.6 is 0 Å². The van der Waals surface area contributed by atoms with Crippen LogP contribution in [0.3, 0.4) is 0 Å². The minimum absolute atomic E-state index is 0.0440. The van der Waals surface area contributed by atoms with Crippen molar-refractivity contribution >= 4 is 12.0 Å². The Bertz CT molecular complexity index is 1070. The standard InChI is InChI=1S/C33H59N3O12/c1-8-11-22(38)28(41)35-21-16-18(2)25(23(39)26(21)47-30-24(40)27(34-7)33(6,43)17-44-30)46-29-20(36-31(42)48-32(3,4)5)14-13-19(45-29)12-9-10-15-37/h13,18,20-27,29-30,34,37-40,43H,8-12,14-17H2,1-7H3,(H,35,41)(H,36,42). The van der Waals surface area contributed by atoms with Gasteiger partial charge in [0.25, 0.3) is 0 Å². The Morgan fingerprint density at radius 2 is 1.77 bits per heavy atom. The van der Waals surface area contributed by atoms with E-state index in [-0.39, 0.29) is 32.0 Å². The van der Waals surface area contributed by atoms with Gasteiger partial charge in [-0.15, -0.1) is 0 Å². The number of hydrogen-bond acceptors (Lipinski definition) is 13. The van der Waals surface area contributed by atoms with E-state index in [2.05, 4.69) is 16.0 Å². The monoisotopic (exact) mass is 689 g/mol. The van der Waals surface area contributed by atoms with E-state index in [1.165, 1.54) is 6.92 Å². The molecule has 15 heteroatoms. The smallest absolute Gasteiger partial charge is 0.408 e. The quantitative estimate of drug-likeness (QED) is 0.117. The summed E-state index contributed by atoms with van der Waals surface area (Å²) in [6.45, 7) is 10.3. The van der Waals surface area contributed by atoms with Crippen molar-refractivity contribution < 1.29 is 58.8 Å².